The Kier molecular flexibility index (Phi) is 4.67. The molecule has 0 saturated heterocycles. The van der Waals surface area contributed by atoms with E-state index in [4.69, 9.17) is 15.6 Å². The molecule has 1 rings (SSSR count). The van der Waals surface area contributed by atoms with E-state index in [1.165, 1.54) is 18.2 Å². The third-order valence-corrected chi connectivity index (χ3v) is 2.95. The molecule has 0 spiro atoms. The summed E-state index contributed by atoms with van der Waals surface area (Å²) in [7, 11) is 0. The molecule has 0 bridgehead atoms. The summed E-state index contributed by atoms with van der Waals surface area (Å²) in [5.41, 5.74) is 5.29. The number of hydrogen-bond acceptors (Lipinski definition) is 4. The molecule has 0 fully saturated rings. The van der Waals surface area contributed by atoms with Gasteiger partial charge in [-0.15, -0.1) is 0 Å². The molecular weight excluding hydrogens is 237 g/mol. The molecular formula is C13H18FNO3. The number of benzene rings is 1. The number of rotatable bonds is 5. The number of aliphatic hydroxyl groups is 1. The second kappa shape index (κ2) is 5.82. The van der Waals surface area contributed by atoms with Crippen LogP contribution >= 0.6 is 0 Å². The topological polar surface area (TPSA) is 72.5 Å². The van der Waals surface area contributed by atoms with Crippen molar-refractivity contribution in [2.24, 2.45) is 0 Å². The van der Waals surface area contributed by atoms with E-state index < -0.39 is 17.2 Å². The molecule has 1 unspecified atom stereocenters. The molecule has 0 amide bonds. The van der Waals surface area contributed by atoms with Gasteiger partial charge >= 0.3 is 5.97 Å². The van der Waals surface area contributed by atoms with Crippen molar-refractivity contribution in [3.05, 3.63) is 29.6 Å². The summed E-state index contributed by atoms with van der Waals surface area (Å²) in [6.45, 7) is 3.28. The van der Waals surface area contributed by atoms with E-state index >= 15 is 0 Å². The van der Waals surface area contributed by atoms with Crippen LogP contribution in [0.25, 0.3) is 0 Å². The fraction of sp³-hybridized carbons (Fsp3) is 0.462. The molecule has 1 atom stereocenters. The predicted octanol–water partition coefficient (Wildman–Crippen LogP) is 1.61. The van der Waals surface area contributed by atoms with E-state index in [-0.39, 0.29) is 19.6 Å². The van der Waals surface area contributed by atoms with Crippen LogP contribution in [0.2, 0.25) is 0 Å². The Labute approximate surface area is 106 Å². The van der Waals surface area contributed by atoms with Crippen LogP contribution in [0.5, 0.6) is 0 Å². The van der Waals surface area contributed by atoms with Crippen molar-refractivity contribution in [2.75, 3.05) is 18.9 Å². The lowest BCUT2D eigenvalue weighted by atomic mass is 9.78. The van der Waals surface area contributed by atoms with E-state index in [1.54, 1.807) is 13.8 Å². The highest BCUT2D eigenvalue weighted by atomic mass is 19.1. The number of halogens is 1. The van der Waals surface area contributed by atoms with E-state index in [0.29, 0.717) is 11.3 Å². The number of nitrogen functional groups attached to an aromatic ring is 1. The first-order chi connectivity index (χ1) is 8.45. The van der Waals surface area contributed by atoms with Gasteiger partial charge in [-0.25, -0.2) is 4.39 Å². The van der Waals surface area contributed by atoms with Crippen molar-refractivity contribution >= 4 is 11.7 Å². The minimum Gasteiger partial charge on any atom is -0.465 e. The minimum atomic E-state index is -1.14. The summed E-state index contributed by atoms with van der Waals surface area (Å²) < 4.78 is 18.3. The highest BCUT2D eigenvalue weighted by molar-refractivity contribution is 5.84. The molecule has 100 valence electrons. The maximum absolute atomic E-state index is 13.3. The second-order valence-corrected chi connectivity index (χ2v) is 4.26. The molecule has 1 aromatic rings. The average Bonchev–Trinajstić information content (AvgIpc) is 2.32. The zero-order valence-electron chi connectivity index (χ0n) is 10.6. The molecule has 0 radical (unpaired) electrons. The lowest BCUT2D eigenvalue weighted by Gasteiger charge is -2.28. The Bertz CT molecular complexity index is 436. The van der Waals surface area contributed by atoms with Crippen molar-refractivity contribution in [1.82, 2.24) is 0 Å². The number of esters is 1. The van der Waals surface area contributed by atoms with Gasteiger partial charge in [-0.05, 0) is 44.0 Å². The second-order valence-electron chi connectivity index (χ2n) is 4.26. The molecule has 18 heavy (non-hydrogen) atoms. The smallest absolute Gasteiger partial charge is 0.316 e. The van der Waals surface area contributed by atoms with Crippen molar-refractivity contribution in [2.45, 2.75) is 25.7 Å². The molecule has 5 heteroatoms. The molecule has 1 aromatic carbocycles. The van der Waals surface area contributed by atoms with Gasteiger partial charge in [0.2, 0.25) is 0 Å². The Balaban J connectivity index is 3.25. The summed E-state index contributed by atoms with van der Waals surface area (Å²) in [5, 5.41) is 9.10. The van der Waals surface area contributed by atoms with Crippen LogP contribution in [0.4, 0.5) is 10.1 Å². The summed E-state index contributed by atoms with van der Waals surface area (Å²) in [6, 6.07) is 3.84. The van der Waals surface area contributed by atoms with E-state index in [0.717, 1.165) is 0 Å². The van der Waals surface area contributed by atoms with Gasteiger partial charge in [-0.2, -0.15) is 0 Å². The van der Waals surface area contributed by atoms with Gasteiger partial charge in [0, 0.05) is 12.3 Å². The summed E-state index contributed by atoms with van der Waals surface area (Å²) in [5.74, 6) is -0.996. The van der Waals surface area contributed by atoms with Crippen LogP contribution < -0.4 is 5.73 Å². The average molecular weight is 255 g/mol. The number of hydrogen-bond donors (Lipinski definition) is 2. The van der Waals surface area contributed by atoms with E-state index in [9.17, 15) is 9.18 Å². The van der Waals surface area contributed by atoms with Crippen molar-refractivity contribution < 1.29 is 19.0 Å². The van der Waals surface area contributed by atoms with Crippen LogP contribution in [0.1, 0.15) is 25.8 Å². The highest BCUT2D eigenvalue weighted by Crippen LogP contribution is 2.33. The van der Waals surface area contributed by atoms with Crippen LogP contribution in [0, 0.1) is 5.82 Å². The first-order valence-corrected chi connectivity index (χ1v) is 5.79. The van der Waals surface area contributed by atoms with Crippen LogP contribution in [0.15, 0.2) is 18.2 Å². The normalized spacial score (nSPS) is 14.0. The molecule has 3 N–H and O–H groups in total. The van der Waals surface area contributed by atoms with Gasteiger partial charge in [0.1, 0.15) is 5.82 Å². The fourth-order valence-corrected chi connectivity index (χ4v) is 1.87. The number of anilines is 1. The number of aliphatic hydroxyl groups excluding tert-OH is 1. The van der Waals surface area contributed by atoms with E-state index in [2.05, 4.69) is 0 Å². The molecule has 0 heterocycles. The molecule has 0 aliphatic carbocycles. The third kappa shape index (κ3) is 2.79. The highest BCUT2D eigenvalue weighted by Gasteiger charge is 2.38. The predicted molar refractivity (Wildman–Crippen MR) is 66.5 cm³/mol. The monoisotopic (exact) mass is 255 g/mol. The van der Waals surface area contributed by atoms with Crippen LogP contribution in [-0.4, -0.2) is 24.3 Å². The van der Waals surface area contributed by atoms with Gasteiger partial charge in [0.15, 0.2) is 0 Å². The third-order valence-electron chi connectivity index (χ3n) is 2.95. The van der Waals surface area contributed by atoms with Gasteiger partial charge in [0.05, 0.1) is 12.0 Å². The van der Waals surface area contributed by atoms with Gasteiger partial charge in [0.25, 0.3) is 0 Å². The zero-order valence-corrected chi connectivity index (χ0v) is 10.6. The zero-order chi connectivity index (χ0) is 13.8. The maximum Gasteiger partial charge on any atom is 0.316 e. The molecule has 0 aliphatic rings. The summed E-state index contributed by atoms with van der Waals surface area (Å²) in [4.78, 5) is 12.0. The maximum atomic E-state index is 13.3. The van der Waals surface area contributed by atoms with Gasteiger partial charge < -0.3 is 15.6 Å². The number of carbonyl (C=O) groups is 1. The largest absolute Gasteiger partial charge is 0.465 e. The van der Waals surface area contributed by atoms with Gasteiger partial charge in [-0.1, -0.05) is 0 Å². The van der Waals surface area contributed by atoms with Crippen molar-refractivity contribution in [3.8, 4) is 0 Å². The standard InChI is InChI=1S/C13H18FNO3/c1-3-18-12(17)13(2,6-7-16)10-8-9(14)4-5-11(10)15/h4-5,8,16H,3,6-7,15H2,1-2H3. The lowest BCUT2D eigenvalue weighted by molar-refractivity contribution is -0.150. The van der Waals surface area contributed by atoms with Crippen molar-refractivity contribution in [1.29, 1.82) is 0 Å². The van der Waals surface area contributed by atoms with Crippen molar-refractivity contribution in [3.63, 3.8) is 0 Å². The molecule has 0 saturated carbocycles. The van der Waals surface area contributed by atoms with Gasteiger partial charge in [-0.3, -0.25) is 4.79 Å². The molecule has 0 aliphatic heterocycles. The number of carbonyl (C=O) groups excluding carboxylic acids is 1. The number of ether oxygens (including phenoxy) is 1. The Morgan fingerprint density at radius 3 is 2.78 bits per heavy atom. The quantitative estimate of drug-likeness (QED) is 0.619. The Morgan fingerprint density at radius 2 is 2.22 bits per heavy atom. The summed E-state index contributed by atoms with van der Waals surface area (Å²) >= 11 is 0. The molecule has 0 aromatic heterocycles. The fourth-order valence-electron chi connectivity index (χ4n) is 1.87. The summed E-state index contributed by atoms with van der Waals surface area (Å²) in [6.07, 6.45) is 0.124. The first-order valence-electron chi connectivity index (χ1n) is 5.79. The molecule has 4 nitrogen and oxygen atoms in total. The Hall–Kier alpha value is -1.62. The number of nitrogens with two attached hydrogens (primary N) is 1. The lowest BCUT2D eigenvalue weighted by Crippen LogP contribution is -2.36. The van der Waals surface area contributed by atoms with Crippen LogP contribution in [-0.2, 0) is 14.9 Å². The van der Waals surface area contributed by atoms with Crippen LogP contribution in [0.3, 0.4) is 0 Å². The first kappa shape index (κ1) is 14.4. The SMILES string of the molecule is CCOC(=O)C(C)(CCO)c1cc(F)ccc1N. The minimum absolute atomic E-state index is 0.124. The Morgan fingerprint density at radius 1 is 1.56 bits per heavy atom. The van der Waals surface area contributed by atoms with E-state index in [1.807, 2.05) is 0 Å².